The number of carbonyl (C=O) groups is 3. The van der Waals surface area contributed by atoms with E-state index in [9.17, 15) is 14.4 Å². The maximum absolute atomic E-state index is 13.1. The monoisotopic (exact) mass is 799 g/mol. The van der Waals surface area contributed by atoms with Crippen LogP contribution >= 0.6 is 15.9 Å². The summed E-state index contributed by atoms with van der Waals surface area (Å²) in [4.78, 5) is 46.4. The Labute approximate surface area is 333 Å². The van der Waals surface area contributed by atoms with E-state index in [1.807, 2.05) is 12.1 Å². The number of hydrogen-bond acceptors (Lipinski definition) is 6. The van der Waals surface area contributed by atoms with Crippen molar-refractivity contribution in [3.05, 3.63) is 129 Å². The number of rotatable bonds is 10. The SMILES string of the molecule is CC/C(=C(\c1ccc(Br)cc1)c1ccc(N2CCC(CCN3CCN(c4ccc5c(c4)CN(C4CCC(=O)NC4=O)C5=O)CC3)CC2)cc1)c1ccccc1. The minimum absolute atomic E-state index is 0.117. The molecule has 4 aliphatic heterocycles. The van der Waals surface area contributed by atoms with Gasteiger partial charge in [0.2, 0.25) is 11.8 Å². The average Bonchev–Trinajstić information content (AvgIpc) is 3.55. The van der Waals surface area contributed by atoms with E-state index in [2.05, 4.69) is 128 Å². The molecule has 0 bridgehead atoms. The average molecular weight is 801 g/mol. The van der Waals surface area contributed by atoms with Crippen molar-refractivity contribution in [3.8, 4) is 0 Å². The Hall–Kier alpha value is -4.73. The molecular formula is C46H50BrN5O3. The highest BCUT2D eigenvalue weighted by Crippen LogP contribution is 2.37. The number of hydrogen-bond donors (Lipinski definition) is 1. The van der Waals surface area contributed by atoms with Crippen LogP contribution in [0.25, 0.3) is 11.1 Å². The molecule has 3 saturated heterocycles. The Bertz CT molecular complexity index is 2050. The van der Waals surface area contributed by atoms with Gasteiger partial charge in [0.15, 0.2) is 0 Å². The first-order chi connectivity index (χ1) is 26.8. The molecular weight excluding hydrogens is 750 g/mol. The zero-order valence-corrected chi connectivity index (χ0v) is 33.3. The number of amides is 3. The van der Waals surface area contributed by atoms with Crippen LogP contribution in [-0.2, 0) is 16.1 Å². The lowest BCUT2D eigenvalue weighted by atomic mass is 9.88. The highest BCUT2D eigenvalue weighted by atomic mass is 79.9. The maximum Gasteiger partial charge on any atom is 0.255 e. The molecule has 284 valence electrons. The standard InChI is InChI=1S/C46H50BrN5O3/c1-2-40(33-6-4-3-5-7-33)44(34-8-12-37(47)13-9-34)35-10-14-38(15-11-35)50-24-21-32(22-25-50)20-23-49-26-28-51(29-27-49)39-16-17-41-36(30-39)31-52(46(41)55)42-18-19-43(53)48-45(42)54/h3-17,30,32,42H,2,18-29,31H2,1H3,(H,48,53,54)/b44-40-. The molecule has 0 saturated carbocycles. The molecule has 3 amide bonds. The lowest BCUT2D eigenvalue weighted by Gasteiger charge is -2.38. The summed E-state index contributed by atoms with van der Waals surface area (Å²) >= 11 is 3.62. The van der Waals surface area contributed by atoms with Crippen LogP contribution in [0.3, 0.4) is 0 Å². The smallest absolute Gasteiger partial charge is 0.255 e. The predicted octanol–water partition coefficient (Wildman–Crippen LogP) is 8.01. The molecule has 0 aromatic heterocycles. The lowest BCUT2D eigenvalue weighted by molar-refractivity contribution is -0.136. The Morgan fingerprint density at radius 3 is 2.05 bits per heavy atom. The molecule has 1 N–H and O–H groups in total. The highest BCUT2D eigenvalue weighted by molar-refractivity contribution is 9.10. The third-order valence-electron chi connectivity index (χ3n) is 12.1. The molecule has 4 aliphatic rings. The number of piperazine rings is 1. The summed E-state index contributed by atoms with van der Waals surface area (Å²) in [7, 11) is 0. The molecule has 8 nitrogen and oxygen atoms in total. The van der Waals surface area contributed by atoms with Crippen LogP contribution in [0.5, 0.6) is 0 Å². The Balaban J connectivity index is 0.824. The van der Waals surface area contributed by atoms with Gasteiger partial charge in [-0.15, -0.1) is 0 Å². The number of benzene rings is 4. The molecule has 1 unspecified atom stereocenters. The van der Waals surface area contributed by atoms with Gasteiger partial charge in [0.1, 0.15) is 6.04 Å². The van der Waals surface area contributed by atoms with Gasteiger partial charge in [-0.3, -0.25) is 24.6 Å². The predicted molar refractivity (Wildman–Crippen MR) is 224 cm³/mol. The minimum Gasteiger partial charge on any atom is -0.372 e. The van der Waals surface area contributed by atoms with E-state index in [1.54, 1.807) is 4.90 Å². The highest BCUT2D eigenvalue weighted by Gasteiger charge is 2.39. The number of nitrogens with one attached hydrogen (secondary N) is 1. The fourth-order valence-corrected chi connectivity index (χ4v) is 9.23. The number of nitrogens with zero attached hydrogens (tertiary/aromatic N) is 4. The van der Waals surface area contributed by atoms with Crippen molar-refractivity contribution in [1.29, 1.82) is 0 Å². The van der Waals surface area contributed by atoms with Crippen LogP contribution in [-0.4, -0.2) is 79.4 Å². The number of imide groups is 1. The van der Waals surface area contributed by atoms with Crippen LogP contribution < -0.4 is 15.1 Å². The number of fused-ring (bicyclic) bond motifs is 1. The van der Waals surface area contributed by atoms with E-state index in [0.717, 1.165) is 73.9 Å². The molecule has 0 spiro atoms. The first-order valence-corrected chi connectivity index (χ1v) is 20.8. The molecule has 1 atom stereocenters. The van der Waals surface area contributed by atoms with Crippen molar-refractivity contribution in [2.24, 2.45) is 5.92 Å². The van der Waals surface area contributed by atoms with Crippen molar-refractivity contribution in [1.82, 2.24) is 15.1 Å². The van der Waals surface area contributed by atoms with Crippen molar-refractivity contribution >= 4 is 56.2 Å². The molecule has 0 radical (unpaired) electrons. The topological polar surface area (TPSA) is 76.2 Å². The molecule has 8 rings (SSSR count). The maximum atomic E-state index is 13.1. The van der Waals surface area contributed by atoms with Gasteiger partial charge in [0.25, 0.3) is 5.91 Å². The first kappa shape index (κ1) is 37.2. The summed E-state index contributed by atoms with van der Waals surface area (Å²) in [6, 6.07) is 34.3. The summed E-state index contributed by atoms with van der Waals surface area (Å²) < 4.78 is 1.09. The second-order valence-electron chi connectivity index (χ2n) is 15.4. The minimum atomic E-state index is -0.581. The largest absolute Gasteiger partial charge is 0.372 e. The van der Waals surface area contributed by atoms with Crippen molar-refractivity contribution < 1.29 is 14.4 Å². The van der Waals surface area contributed by atoms with Gasteiger partial charge >= 0.3 is 0 Å². The van der Waals surface area contributed by atoms with E-state index in [0.29, 0.717) is 18.5 Å². The van der Waals surface area contributed by atoms with Crippen molar-refractivity contribution in [3.63, 3.8) is 0 Å². The zero-order valence-electron chi connectivity index (χ0n) is 31.7. The van der Waals surface area contributed by atoms with Gasteiger partial charge in [-0.1, -0.05) is 77.5 Å². The number of carbonyl (C=O) groups excluding carboxylic acids is 3. The second-order valence-corrected chi connectivity index (χ2v) is 16.3. The van der Waals surface area contributed by atoms with Gasteiger partial charge in [0, 0.05) is 73.6 Å². The molecule has 3 fully saturated rings. The van der Waals surface area contributed by atoms with Crippen molar-refractivity contribution in [2.45, 2.75) is 58.0 Å². The summed E-state index contributed by atoms with van der Waals surface area (Å²) in [5.41, 5.74) is 10.5. The fourth-order valence-electron chi connectivity index (χ4n) is 8.97. The number of halogens is 1. The molecule has 4 aromatic rings. The van der Waals surface area contributed by atoms with E-state index >= 15 is 0 Å². The van der Waals surface area contributed by atoms with Crippen LogP contribution in [0.1, 0.15) is 78.1 Å². The Morgan fingerprint density at radius 2 is 1.38 bits per heavy atom. The van der Waals surface area contributed by atoms with E-state index < -0.39 is 6.04 Å². The van der Waals surface area contributed by atoms with Gasteiger partial charge < -0.3 is 14.7 Å². The van der Waals surface area contributed by atoms with E-state index in [-0.39, 0.29) is 24.1 Å². The van der Waals surface area contributed by atoms with Crippen LogP contribution in [0.2, 0.25) is 0 Å². The zero-order chi connectivity index (χ0) is 37.9. The first-order valence-electron chi connectivity index (χ1n) is 20.0. The Morgan fingerprint density at radius 1 is 0.727 bits per heavy atom. The third-order valence-corrected chi connectivity index (χ3v) is 12.7. The molecule has 4 aromatic carbocycles. The number of allylic oxidation sites excluding steroid dienone is 1. The van der Waals surface area contributed by atoms with Crippen LogP contribution in [0.4, 0.5) is 11.4 Å². The normalized spacial score (nSPS) is 20.1. The van der Waals surface area contributed by atoms with Crippen LogP contribution in [0, 0.1) is 5.92 Å². The van der Waals surface area contributed by atoms with Gasteiger partial charge in [-0.05, 0) is 120 Å². The Kier molecular flexibility index (Phi) is 11.2. The van der Waals surface area contributed by atoms with Gasteiger partial charge in [-0.25, -0.2) is 0 Å². The van der Waals surface area contributed by atoms with Gasteiger partial charge in [-0.2, -0.15) is 0 Å². The molecule has 9 heteroatoms. The molecule has 0 aliphatic carbocycles. The third kappa shape index (κ3) is 8.14. The summed E-state index contributed by atoms with van der Waals surface area (Å²) in [5, 5.41) is 2.39. The van der Waals surface area contributed by atoms with E-state index in [1.165, 1.54) is 52.8 Å². The number of anilines is 2. The summed E-state index contributed by atoms with van der Waals surface area (Å²) in [6.45, 7) is 9.98. The summed E-state index contributed by atoms with van der Waals surface area (Å²) in [6.07, 6.45) is 5.29. The number of piperidine rings is 2. The second kappa shape index (κ2) is 16.6. The summed E-state index contributed by atoms with van der Waals surface area (Å²) in [5.74, 6) is 0.00239. The lowest BCUT2D eigenvalue weighted by Crippen LogP contribution is -2.52. The molecule has 55 heavy (non-hydrogen) atoms. The quantitative estimate of drug-likeness (QED) is 0.130. The van der Waals surface area contributed by atoms with Gasteiger partial charge in [0.05, 0.1) is 0 Å². The molecule has 4 heterocycles. The van der Waals surface area contributed by atoms with E-state index in [4.69, 9.17) is 0 Å². The fraction of sp³-hybridized carbons (Fsp3) is 0.370. The van der Waals surface area contributed by atoms with Crippen molar-refractivity contribution in [2.75, 3.05) is 55.6 Å². The van der Waals surface area contributed by atoms with Crippen LogP contribution in [0.15, 0.2) is 102 Å².